The summed E-state index contributed by atoms with van der Waals surface area (Å²) in [5.41, 5.74) is 2.26. The molecule has 2 fully saturated rings. The number of rotatable bonds is 3. The highest BCUT2D eigenvalue weighted by Crippen LogP contribution is 2.25. The molecule has 0 saturated carbocycles. The number of hydrazine groups is 1. The molecule has 1 aromatic heterocycles. The molecule has 0 aromatic carbocycles. The molecule has 21 heavy (non-hydrogen) atoms. The van der Waals surface area contributed by atoms with Gasteiger partial charge in [-0.25, -0.2) is 15.6 Å². The summed E-state index contributed by atoms with van der Waals surface area (Å²) in [5, 5.41) is 13.7. The third kappa shape index (κ3) is 2.40. The molecule has 0 aliphatic carbocycles. The van der Waals surface area contributed by atoms with Crippen molar-refractivity contribution in [3.8, 4) is 0 Å². The Kier molecular flexibility index (Phi) is 3.22. The summed E-state index contributed by atoms with van der Waals surface area (Å²) in [7, 11) is 0. The van der Waals surface area contributed by atoms with E-state index in [0.29, 0.717) is 32.0 Å². The van der Waals surface area contributed by atoms with Gasteiger partial charge in [0.25, 0.3) is 5.69 Å². The molecule has 4 N–H and O–H groups in total. The first kappa shape index (κ1) is 13.4. The van der Waals surface area contributed by atoms with Crippen molar-refractivity contribution in [1.82, 2.24) is 15.2 Å². The maximum atomic E-state index is 11.6. The van der Waals surface area contributed by atoms with Gasteiger partial charge in [0.05, 0.1) is 23.1 Å². The molecule has 2 saturated heterocycles. The van der Waals surface area contributed by atoms with E-state index in [1.54, 1.807) is 4.90 Å². The molecule has 3 heterocycles. The Morgan fingerprint density at radius 2 is 2.29 bits per heavy atom. The number of pyridine rings is 1. The lowest BCUT2D eigenvalue weighted by atomic mass is 10.2. The van der Waals surface area contributed by atoms with Crippen LogP contribution in [0.15, 0.2) is 12.1 Å². The number of carbonyl (C=O) groups is 1. The highest BCUT2D eigenvalue weighted by molar-refractivity contribution is 5.77. The van der Waals surface area contributed by atoms with Gasteiger partial charge in [-0.3, -0.25) is 10.1 Å². The fraction of sp³-hybridized carbons (Fsp3) is 0.455. The van der Waals surface area contributed by atoms with Gasteiger partial charge >= 0.3 is 6.03 Å². The second kappa shape index (κ2) is 5.05. The molecule has 112 valence electrons. The second-order valence-corrected chi connectivity index (χ2v) is 4.95. The third-order valence-electron chi connectivity index (χ3n) is 3.71. The Balaban J connectivity index is 1.85. The highest BCUT2D eigenvalue weighted by atomic mass is 16.6. The van der Waals surface area contributed by atoms with E-state index in [1.807, 2.05) is 4.90 Å². The van der Waals surface area contributed by atoms with Gasteiger partial charge in [-0.05, 0) is 0 Å². The van der Waals surface area contributed by atoms with Crippen molar-refractivity contribution in [3.63, 3.8) is 0 Å². The molecule has 3 rings (SSSR count). The van der Waals surface area contributed by atoms with Crippen molar-refractivity contribution < 1.29 is 9.72 Å². The standard InChI is InChI=1S/C11H15N7O3/c12-15-9-3-7(18(20)21)4-10(14-9)16-1-2-17-8(6-16)5-13-11(17)19/h3-4,8H,1-2,5-6,12H2,(H,13,19)(H,14,15). The molecule has 0 radical (unpaired) electrons. The minimum atomic E-state index is -0.483. The summed E-state index contributed by atoms with van der Waals surface area (Å²) < 4.78 is 0. The van der Waals surface area contributed by atoms with Gasteiger partial charge in [-0.2, -0.15) is 0 Å². The number of nitrogens with one attached hydrogen (secondary N) is 2. The van der Waals surface area contributed by atoms with Gasteiger partial charge in [0.2, 0.25) is 0 Å². The maximum Gasteiger partial charge on any atom is 0.317 e. The highest BCUT2D eigenvalue weighted by Gasteiger charge is 2.36. The molecule has 0 spiro atoms. The van der Waals surface area contributed by atoms with E-state index in [1.165, 1.54) is 12.1 Å². The number of hydrogen-bond acceptors (Lipinski definition) is 7. The quantitative estimate of drug-likeness (QED) is 0.388. The molecular weight excluding hydrogens is 278 g/mol. The number of amides is 2. The minimum Gasteiger partial charge on any atom is -0.352 e. The van der Waals surface area contributed by atoms with Crippen LogP contribution in [0.2, 0.25) is 0 Å². The number of hydrogen-bond donors (Lipinski definition) is 3. The number of piperazine rings is 1. The largest absolute Gasteiger partial charge is 0.352 e. The molecular formula is C11H15N7O3. The summed E-state index contributed by atoms with van der Waals surface area (Å²) in [5.74, 6) is 6.03. The number of fused-ring (bicyclic) bond motifs is 1. The lowest BCUT2D eigenvalue weighted by Gasteiger charge is -2.37. The first-order chi connectivity index (χ1) is 10.1. The Labute approximate surface area is 120 Å². The number of anilines is 2. The molecule has 10 nitrogen and oxygen atoms in total. The number of nitrogens with two attached hydrogens (primary N) is 1. The SMILES string of the molecule is NNc1cc([N+](=O)[O-])cc(N2CCN3C(=O)NCC3C2)n1. The lowest BCUT2D eigenvalue weighted by molar-refractivity contribution is -0.384. The zero-order valence-electron chi connectivity index (χ0n) is 11.2. The maximum absolute atomic E-state index is 11.6. The molecule has 1 unspecified atom stereocenters. The number of aromatic nitrogens is 1. The van der Waals surface area contributed by atoms with Gasteiger partial charge < -0.3 is 20.5 Å². The average molecular weight is 293 g/mol. The monoisotopic (exact) mass is 293 g/mol. The second-order valence-electron chi connectivity index (χ2n) is 4.95. The van der Waals surface area contributed by atoms with Crippen LogP contribution in [0.3, 0.4) is 0 Å². The van der Waals surface area contributed by atoms with Crippen LogP contribution in [-0.4, -0.2) is 53.1 Å². The van der Waals surface area contributed by atoms with Crippen LogP contribution in [0.1, 0.15) is 0 Å². The number of carbonyl (C=O) groups excluding carboxylic acids is 1. The van der Waals surface area contributed by atoms with E-state index in [9.17, 15) is 14.9 Å². The molecule has 2 amide bonds. The van der Waals surface area contributed by atoms with Crippen molar-refractivity contribution in [2.24, 2.45) is 5.84 Å². The van der Waals surface area contributed by atoms with Gasteiger partial charge in [0, 0.05) is 26.2 Å². The van der Waals surface area contributed by atoms with E-state index in [2.05, 4.69) is 15.7 Å². The number of nitrogens with zero attached hydrogens (tertiary/aromatic N) is 4. The zero-order chi connectivity index (χ0) is 15.0. The summed E-state index contributed by atoms with van der Waals surface area (Å²) in [6.45, 7) is 2.29. The third-order valence-corrected chi connectivity index (χ3v) is 3.71. The first-order valence-electron chi connectivity index (χ1n) is 6.51. The Hall–Kier alpha value is -2.62. The van der Waals surface area contributed by atoms with E-state index < -0.39 is 4.92 Å². The molecule has 0 bridgehead atoms. The minimum absolute atomic E-state index is 0.0570. The van der Waals surface area contributed by atoms with E-state index >= 15 is 0 Å². The Bertz CT molecular complexity index is 593. The summed E-state index contributed by atoms with van der Waals surface area (Å²) in [6, 6.07) is 2.69. The van der Waals surface area contributed by atoms with Crippen molar-refractivity contribution in [1.29, 1.82) is 0 Å². The fourth-order valence-electron chi connectivity index (χ4n) is 2.66. The molecule has 2 aliphatic rings. The fourth-order valence-corrected chi connectivity index (χ4v) is 2.66. The Morgan fingerprint density at radius 1 is 1.48 bits per heavy atom. The zero-order valence-corrected chi connectivity index (χ0v) is 11.2. The first-order valence-corrected chi connectivity index (χ1v) is 6.51. The van der Waals surface area contributed by atoms with Gasteiger partial charge in [0.15, 0.2) is 0 Å². The molecule has 2 aliphatic heterocycles. The van der Waals surface area contributed by atoms with Crippen LogP contribution in [0.25, 0.3) is 0 Å². The van der Waals surface area contributed by atoms with Crippen molar-refractivity contribution in [3.05, 3.63) is 22.2 Å². The summed E-state index contributed by atoms with van der Waals surface area (Å²) in [4.78, 5) is 30.0. The lowest BCUT2D eigenvalue weighted by Crippen LogP contribution is -2.52. The smallest absolute Gasteiger partial charge is 0.317 e. The number of nitrogen functional groups attached to an aromatic ring is 1. The van der Waals surface area contributed by atoms with Crippen LogP contribution >= 0.6 is 0 Å². The van der Waals surface area contributed by atoms with Crippen LogP contribution in [0.4, 0.5) is 22.1 Å². The predicted octanol–water partition coefficient (Wildman–Crippen LogP) is -0.511. The van der Waals surface area contributed by atoms with E-state index in [-0.39, 0.29) is 23.6 Å². The van der Waals surface area contributed by atoms with E-state index in [0.717, 1.165) is 0 Å². The summed E-state index contributed by atoms with van der Waals surface area (Å²) in [6.07, 6.45) is 0. The van der Waals surface area contributed by atoms with Crippen LogP contribution in [0.5, 0.6) is 0 Å². The van der Waals surface area contributed by atoms with Crippen LogP contribution < -0.4 is 21.5 Å². The van der Waals surface area contributed by atoms with Gasteiger partial charge in [-0.15, -0.1) is 0 Å². The van der Waals surface area contributed by atoms with Gasteiger partial charge in [-0.1, -0.05) is 0 Å². The molecule has 1 atom stereocenters. The van der Waals surface area contributed by atoms with Crippen LogP contribution in [-0.2, 0) is 0 Å². The summed E-state index contributed by atoms with van der Waals surface area (Å²) >= 11 is 0. The van der Waals surface area contributed by atoms with Gasteiger partial charge in [0.1, 0.15) is 11.6 Å². The number of nitro groups is 1. The van der Waals surface area contributed by atoms with Crippen LogP contribution in [0, 0.1) is 10.1 Å². The predicted molar refractivity (Wildman–Crippen MR) is 74.8 cm³/mol. The van der Waals surface area contributed by atoms with E-state index in [4.69, 9.17) is 5.84 Å². The normalized spacial score (nSPS) is 21.0. The van der Waals surface area contributed by atoms with Crippen molar-refractivity contribution in [2.45, 2.75) is 6.04 Å². The average Bonchev–Trinajstić information content (AvgIpc) is 2.87. The van der Waals surface area contributed by atoms with Crippen molar-refractivity contribution in [2.75, 3.05) is 36.5 Å². The molecule has 10 heteroatoms. The molecule has 1 aromatic rings. The van der Waals surface area contributed by atoms with Crippen molar-refractivity contribution >= 4 is 23.4 Å². The topological polar surface area (TPSA) is 130 Å². The number of urea groups is 1. The Morgan fingerprint density at radius 3 is 3.00 bits per heavy atom.